The van der Waals surface area contributed by atoms with E-state index in [1.165, 1.54) is 6.92 Å². The molecule has 1 aromatic rings. The second-order valence-electron chi connectivity index (χ2n) is 16.1. The lowest BCUT2D eigenvalue weighted by Gasteiger charge is -2.41. The van der Waals surface area contributed by atoms with E-state index >= 15 is 0 Å². The maximum absolute atomic E-state index is 14.2. The van der Waals surface area contributed by atoms with Crippen molar-refractivity contribution in [3.63, 3.8) is 0 Å². The zero-order chi connectivity index (χ0) is 36.7. The summed E-state index contributed by atoms with van der Waals surface area (Å²) in [6.45, 7) is 14.1. The molecular weight excluding hydrogens is 634 g/mol. The number of rotatable bonds is 13. The predicted octanol–water partition coefficient (Wildman–Crippen LogP) is 4.20. The number of likely N-dealkylation sites (N-methyl/N-ethyl adjacent to an activating group) is 2. The van der Waals surface area contributed by atoms with Crippen molar-refractivity contribution >= 4 is 29.5 Å². The van der Waals surface area contributed by atoms with E-state index in [-0.39, 0.29) is 47.9 Å². The van der Waals surface area contributed by atoms with Crippen LogP contribution >= 0.6 is 0 Å². The summed E-state index contributed by atoms with van der Waals surface area (Å²) in [6.07, 6.45) is 4.94. The van der Waals surface area contributed by atoms with Crippen LogP contribution < -0.4 is 5.32 Å². The molecule has 0 bridgehead atoms. The van der Waals surface area contributed by atoms with E-state index in [0.29, 0.717) is 38.9 Å². The van der Waals surface area contributed by atoms with Crippen LogP contribution in [-0.4, -0.2) is 120 Å². The molecule has 278 valence electrons. The van der Waals surface area contributed by atoms with Gasteiger partial charge in [-0.15, -0.1) is 0 Å². The molecule has 3 aliphatic heterocycles. The van der Waals surface area contributed by atoms with Gasteiger partial charge in [-0.25, -0.2) is 4.79 Å². The van der Waals surface area contributed by atoms with Crippen LogP contribution in [0.4, 0.5) is 0 Å². The van der Waals surface area contributed by atoms with Crippen molar-refractivity contribution in [2.45, 2.75) is 129 Å². The standard InChI is InChI=1S/C39H61N5O6/c1-26(2)32(42(8)37(48)34(39(4,5)6)40-35(46)29-18-12-13-21-41(29)7)25-43-22-14-19-30(43)36(47)44-23-15-20-31(44)38(49)50-33(24-27(3)45)28-16-10-9-11-17-28/h9-11,16-17,26,29-34H,12-15,18-25H2,1-8H3,(H,40,46)/t29?,30-,31?,32+,33?,34+/m0/s1. The van der Waals surface area contributed by atoms with Gasteiger partial charge in [0.2, 0.25) is 17.7 Å². The fraction of sp³-hybridized carbons (Fsp3) is 0.718. The van der Waals surface area contributed by atoms with E-state index in [1.54, 1.807) is 9.80 Å². The van der Waals surface area contributed by atoms with Crippen LogP contribution in [-0.2, 0) is 28.7 Å². The number of Topliss-reactive ketones (excluding diaryl/α,β-unsaturated/α-hetero) is 1. The van der Waals surface area contributed by atoms with Crippen LogP contribution in [0, 0.1) is 11.3 Å². The lowest BCUT2D eigenvalue weighted by atomic mass is 9.84. The van der Waals surface area contributed by atoms with Gasteiger partial charge in [-0.3, -0.25) is 29.0 Å². The van der Waals surface area contributed by atoms with E-state index in [2.05, 4.69) is 29.0 Å². The maximum Gasteiger partial charge on any atom is 0.329 e. The third-order valence-electron chi connectivity index (χ3n) is 10.9. The maximum atomic E-state index is 14.2. The molecule has 0 saturated carbocycles. The van der Waals surface area contributed by atoms with Crippen LogP contribution in [0.25, 0.3) is 0 Å². The highest BCUT2D eigenvalue weighted by Gasteiger charge is 2.44. The Morgan fingerprint density at radius 2 is 1.54 bits per heavy atom. The van der Waals surface area contributed by atoms with Gasteiger partial charge in [0, 0.05) is 32.6 Å². The molecular formula is C39H61N5O6. The molecule has 50 heavy (non-hydrogen) atoms. The summed E-state index contributed by atoms with van der Waals surface area (Å²) in [5.74, 6) is -0.787. The quantitative estimate of drug-likeness (QED) is 0.305. The van der Waals surface area contributed by atoms with Crippen LogP contribution in [0.15, 0.2) is 30.3 Å². The molecule has 3 saturated heterocycles. The van der Waals surface area contributed by atoms with Crippen molar-refractivity contribution in [2.24, 2.45) is 11.3 Å². The monoisotopic (exact) mass is 695 g/mol. The van der Waals surface area contributed by atoms with Crippen LogP contribution in [0.5, 0.6) is 0 Å². The number of nitrogens with zero attached hydrogens (tertiary/aromatic N) is 4. The smallest absolute Gasteiger partial charge is 0.329 e. The Hall–Kier alpha value is -3.31. The van der Waals surface area contributed by atoms with E-state index in [1.807, 2.05) is 65.2 Å². The Labute approximate surface area is 299 Å². The highest BCUT2D eigenvalue weighted by Crippen LogP contribution is 2.30. The van der Waals surface area contributed by atoms with Gasteiger partial charge >= 0.3 is 5.97 Å². The summed E-state index contributed by atoms with van der Waals surface area (Å²) in [7, 11) is 3.78. The first kappa shape index (κ1) is 39.5. The second kappa shape index (κ2) is 17.3. The Morgan fingerprint density at radius 1 is 0.900 bits per heavy atom. The molecule has 6 atom stereocenters. The number of hydrogen-bond donors (Lipinski definition) is 1. The van der Waals surface area contributed by atoms with E-state index in [4.69, 9.17) is 4.74 Å². The first-order valence-electron chi connectivity index (χ1n) is 18.7. The molecule has 0 aliphatic carbocycles. The average Bonchev–Trinajstić information content (AvgIpc) is 3.75. The van der Waals surface area contributed by atoms with Crippen molar-refractivity contribution in [3.05, 3.63) is 35.9 Å². The predicted molar refractivity (Wildman–Crippen MR) is 193 cm³/mol. The number of carbonyl (C=O) groups is 5. The number of ketones is 1. The number of piperidine rings is 1. The lowest BCUT2D eigenvalue weighted by Crippen LogP contribution is -2.61. The van der Waals surface area contributed by atoms with Gasteiger partial charge in [0.25, 0.3) is 0 Å². The summed E-state index contributed by atoms with van der Waals surface area (Å²) in [5.41, 5.74) is 0.243. The zero-order valence-corrected chi connectivity index (χ0v) is 31.7. The number of carbonyl (C=O) groups excluding carboxylic acids is 5. The summed E-state index contributed by atoms with van der Waals surface area (Å²) >= 11 is 0. The van der Waals surface area contributed by atoms with E-state index in [9.17, 15) is 24.0 Å². The largest absolute Gasteiger partial charge is 0.455 e. The SMILES string of the molecule is CC(=O)CC(OC(=O)C1CCCN1C(=O)[C@@H]1CCCN1C[C@H](C(C)C)N(C)C(=O)[C@@H](NC(=O)C1CCCCN1C)C(C)(C)C)c1ccccc1. The van der Waals surface area contributed by atoms with Crippen molar-refractivity contribution in [3.8, 4) is 0 Å². The Morgan fingerprint density at radius 3 is 2.16 bits per heavy atom. The lowest BCUT2D eigenvalue weighted by molar-refractivity contribution is -0.160. The molecule has 1 aromatic carbocycles. The normalized spacial score (nSPS) is 23.7. The minimum atomic E-state index is -0.702. The van der Waals surface area contributed by atoms with E-state index < -0.39 is 35.6 Å². The van der Waals surface area contributed by atoms with Crippen LogP contribution in [0.2, 0.25) is 0 Å². The number of esters is 1. The molecule has 1 N–H and O–H groups in total. The first-order valence-corrected chi connectivity index (χ1v) is 18.7. The Balaban J connectivity index is 1.45. The van der Waals surface area contributed by atoms with Gasteiger partial charge in [0.1, 0.15) is 24.0 Å². The molecule has 3 unspecified atom stereocenters. The van der Waals surface area contributed by atoms with E-state index in [0.717, 1.165) is 37.8 Å². The van der Waals surface area contributed by atoms with Crippen molar-refractivity contribution in [1.29, 1.82) is 0 Å². The third kappa shape index (κ3) is 9.72. The molecule has 0 spiro atoms. The van der Waals surface area contributed by atoms with Crippen molar-refractivity contribution < 1.29 is 28.7 Å². The van der Waals surface area contributed by atoms with Gasteiger partial charge in [0.15, 0.2) is 0 Å². The molecule has 0 aromatic heterocycles. The number of hydrogen-bond acceptors (Lipinski definition) is 8. The molecule has 3 heterocycles. The number of amides is 3. The fourth-order valence-electron chi connectivity index (χ4n) is 7.85. The van der Waals surface area contributed by atoms with Gasteiger partial charge < -0.3 is 19.9 Å². The molecule has 3 amide bonds. The van der Waals surface area contributed by atoms with Crippen LogP contribution in [0.3, 0.4) is 0 Å². The summed E-state index contributed by atoms with van der Waals surface area (Å²) < 4.78 is 5.93. The van der Waals surface area contributed by atoms with Gasteiger partial charge in [-0.1, -0.05) is 71.4 Å². The molecule has 11 nitrogen and oxygen atoms in total. The minimum Gasteiger partial charge on any atom is -0.455 e. The second-order valence-corrected chi connectivity index (χ2v) is 16.1. The number of nitrogens with one attached hydrogen (secondary N) is 1. The van der Waals surface area contributed by atoms with Gasteiger partial charge in [-0.05, 0) is 82.5 Å². The minimum absolute atomic E-state index is 0.0764. The van der Waals surface area contributed by atoms with Crippen molar-refractivity contribution in [1.82, 2.24) is 24.9 Å². The number of ether oxygens (including phenoxy) is 1. The Kier molecular flexibility index (Phi) is 13.6. The summed E-state index contributed by atoms with van der Waals surface area (Å²) in [4.78, 5) is 75.2. The fourth-order valence-corrected chi connectivity index (χ4v) is 7.85. The summed E-state index contributed by atoms with van der Waals surface area (Å²) in [5, 5.41) is 3.13. The zero-order valence-electron chi connectivity index (χ0n) is 31.7. The first-order chi connectivity index (χ1) is 23.6. The highest BCUT2D eigenvalue weighted by molar-refractivity contribution is 5.91. The number of likely N-dealkylation sites (tertiary alicyclic amines) is 3. The third-order valence-corrected chi connectivity index (χ3v) is 10.9. The molecule has 3 aliphatic rings. The number of benzene rings is 1. The highest BCUT2D eigenvalue weighted by atomic mass is 16.5. The molecule has 3 fully saturated rings. The molecule has 0 radical (unpaired) electrons. The van der Waals surface area contributed by atoms with Gasteiger partial charge in [0.05, 0.1) is 12.1 Å². The Bertz CT molecular complexity index is 1350. The van der Waals surface area contributed by atoms with Gasteiger partial charge in [-0.2, -0.15) is 0 Å². The van der Waals surface area contributed by atoms with Crippen molar-refractivity contribution in [2.75, 3.05) is 40.3 Å². The summed E-state index contributed by atoms with van der Waals surface area (Å²) in [6, 6.07) is 7.00. The van der Waals surface area contributed by atoms with Crippen LogP contribution in [0.1, 0.15) is 105 Å². The average molecular weight is 696 g/mol. The molecule has 11 heteroatoms. The molecule has 4 rings (SSSR count). The topological polar surface area (TPSA) is 120 Å².